The summed E-state index contributed by atoms with van der Waals surface area (Å²) in [5.74, 6) is 0.0781. The molecule has 0 bridgehead atoms. The molecule has 1 heterocycles. The van der Waals surface area contributed by atoms with Crippen molar-refractivity contribution in [2.75, 3.05) is 12.4 Å². The van der Waals surface area contributed by atoms with Gasteiger partial charge in [0.2, 0.25) is 5.91 Å². The molecule has 0 aliphatic carbocycles. The number of methoxy groups -OCH3 is 1. The summed E-state index contributed by atoms with van der Waals surface area (Å²) < 4.78 is 5.10. The number of benzene rings is 2. The summed E-state index contributed by atoms with van der Waals surface area (Å²) in [6, 6.07) is 11.6. The minimum atomic E-state index is -0.607. The normalized spacial score (nSPS) is 17.1. The number of nitrogens with zero attached hydrogens (tertiary/aromatic N) is 1. The topological polar surface area (TPSA) is 58.6 Å². The molecule has 1 aliphatic rings. The first-order chi connectivity index (χ1) is 12.0. The molecule has 2 aromatic carbocycles. The number of hydrogen-bond acceptors (Lipinski definition) is 4. The van der Waals surface area contributed by atoms with E-state index in [4.69, 9.17) is 27.9 Å². The fourth-order valence-electron chi connectivity index (χ4n) is 2.69. The van der Waals surface area contributed by atoms with Gasteiger partial charge < -0.3 is 10.1 Å². The van der Waals surface area contributed by atoms with Crippen LogP contribution in [-0.4, -0.2) is 29.9 Å². The van der Waals surface area contributed by atoms with E-state index in [-0.39, 0.29) is 24.8 Å². The second-order valence-electron chi connectivity index (χ2n) is 5.69. The Morgan fingerprint density at radius 2 is 1.88 bits per heavy atom. The lowest BCUT2D eigenvalue weighted by molar-refractivity contribution is -0.139. The van der Waals surface area contributed by atoms with Gasteiger partial charge in [0.05, 0.1) is 25.1 Å². The standard InChI is InChI=1S/C18H16Cl2N2O3/c1-25-16-7-6-13(8-14(16)20)21-15-9-17(23)22(18(15)24)10-11-2-4-12(19)5-3-11/h2-8,15,21H,9-10H2,1H3/t15-/m0/s1. The highest BCUT2D eigenvalue weighted by molar-refractivity contribution is 6.32. The van der Waals surface area contributed by atoms with Crippen LogP contribution < -0.4 is 10.1 Å². The van der Waals surface area contributed by atoms with Gasteiger partial charge in [0.25, 0.3) is 5.91 Å². The molecule has 0 aromatic heterocycles. The number of imide groups is 1. The lowest BCUT2D eigenvalue weighted by Gasteiger charge is -2.16. The molecule has 1 N–H and O–H groups in total. The zero-order chi connectivity index (χ0) is 18.0. The van der Waals surface area contributed by atoms with E-state index in [2.05, 4.69) is 5.32 Å². The first kappa shape index (κ1) is 17.6. The van der Waals surface area contributed by atoms with Crippen molar-refractivity contribution in [1.29, 1.82) is 0 Å². The average Bonchev–Trinajstić information content (AvgIpc) is 2.84. The molecule has 1 saturated heterocycles. The molecule has 2 aromatic rings. The Bertz CT molecular complexity index is 808. The number of likely N-dealkylation sites (tertiary alicyclic amines) is 1. The van der Waals surface area contributed by atoms with Crippen molar-refractivity contribution in [3.63, 3.8) is 0 Å². The van der Waals surface area contributed by atoms with Crippen molar-refractivity contribution >= 4 is 40.7 Å². The maximum Gasteiger partial charge on any atom is 0.252 e. The number of carbonyl (C=O) groups is 2. The highest BCUT2D eigenvalue weighted by atomic mass is 35.5. The van der Waals surface area contributed by atoms with Gasteiger partial charge in [-0.2, -0.15) is 0 Å². The first-order valence-electron chi connectivity index (χ1n) is 7.66. The summed E-state index contributed by atoms with van der Waals surface area (Å²) in [7, 11) is 1.53. The van der Waals surface area contributed by atoms with E-state index in [1.54, 1.807) is 42.5 Å². The lowest BCUT2D eigenvalue weighted by atomic mass is 10.2. The van der Waals surface area contributed by atoms with Crippen molar-refractivity contribution in [3.8, 4) is 5.75 Å². The largest absolute Gasteiger partial charge is 0.495 e. The van der Waals surface area contributed by atoms with E-state index in [1.165, 1.54) is 12.0 Å². The zero-order valence-electron chi connectivity index (χ0n) is 13.5. The molecule has 3 rings (SSSR count). The van der Waals surface area contributed by atoms with Gasteiger partial charge in [-0.25, -0.2) is 0 Å². The maximum atomic E-state index is 12.6. The van der Waals surface area contributed by atoms with E-state index in [1.807, 2.05) is 0 Å². The Morgan fingerprint density at radius 1 is 1.16 bits per heavy atom. The molecule has 25 heavy (non-hydrogen) atoms. The molecule has 2 amide bonds. The van der Waals surface area contributed by atoms with Crippen molar-refractivity contribution in [3.05, 3.63) is 58.1 Å². The number of nitrogens with one attached hydrogen (secondary N) is 1. The predicted molar refractivity (Wildman–Crippen MR) is 97.0 cm³/mol. The van der Waals surface area contributed by atoms with Gasteiger partial charge >= 0.3 is 0 Å². The lowest BCUT2D eigenvalue weighted by Crippen LogP contribution is -2.34. The van der Waals surface area contributed by atoms with Crippen LogP contribution in [0.5, 0.6) is 5.75 Å². The van der Waals surface area contributed by atoms with Crippen molar-refractivity contribution < 1.29 is 14.3 Å². The van der Waals surface area contributed by atoms with Gasteiger partial charge in [0.1, 0.15) is 11.8 Å². The third-order valence-corrected chi connectivity index (χ3v) is 4.54. The molecule has 0 radical (unpaired) electrons. The molecule has 1 atom stereocenters. The minimum Gasteiger partial charge on any atom is -0.495 e. The smallest absolute Gasteiger partial charge is 0.252 e. The third-order valence-electron chi connectivity index (χ3n) is 3.99. The molecular weight excluding hydrogens is 363 g/mol. The van der Waals surface area contributed by atoms with Gasteiger partial charge in [-0.05, 0) is 35.9 Å². The Balaban J connectivity index is 1.70. The van der Waals surface area contributed by atoms with Crippen LogP contribution in [-0.2, 0) is 16.1 Å². The summed E-state index contributed by atoms with van der Waals surface area (Å²) in [5, 5.41) is 4.11. The second kappa shape index (κ2) is 7.33. The summed E-state index contributed by atoms with van der Waals surface area (Å²) in [5.41, 5.74) is 1.50. The SMILES string of the molecule is COc1ccc(N[C@H]2CC(=O)N(Cc3ccc(Cl)cc3)C2=O)cc1Cl. The average molecular weight is 379 g/mol. The van der Waals surface area contributed by atoms with Crippen LogP contribution in [0.1, 0.15) is 12.0 Å². The quantitative estimate of drug-likeness (QED) is 0.805. The van der Waals surface area contributed by atoms with E-state index in [9.17, 15) is 9.59 Å². The monoisotopic (exact) mass is 378 g/mol. The molecule has 0 saturated carbocycles. The molecule has 0 unspecified atom stereocenters. The molecule has 5 nitrogen and oxygen atoms in total. The number of anilines is 1. The van der Waals surface area contributed by atoms with Gasteiger partial charge in [-0.15, -0.1) is 0 Å². The van der Waals surface area contributed by atoms with Crippen LogP contribution in [0.25, 0.3) is 0 Å². The van der Waals surface area contributed by atoms with Crippen LogP contribution in [0, 0.1) is 0 Å². The second-order valence-corrected chi connectivity index (χ2v) is 6.54. The highest BCUT2D eigenvalue weighted by Gasteiger charge is 2.38. The highest BCUT2D eigenvalue weighted by Crippen LogP contribution is 2.29. The molecular formula is C18H16Cl2N2O3. The van der Waals surface area contributed by atoms with Crippen LogP contribution in [0.2, 0.25) is 10.0 Å². The Hall–Kier alpha value is -2.24. The number of hydrogen-bond donors (Lipinski definition) is 1. The number of ether oxygens (including phenoxy) is 1. The Morgan fingerprint density at radius 3 is 2.52 bits per heavy atom. The van der Waals surface area contributed by atoms with Gasteiger partial charge in [-0.1, -0.05) is 35.3 Å². The molecule has 130 valence electrons. The summed E-state index contributed by atoms with van der Waals surface area (Å²) in [6.45, 7) is 0.233. The van der Waals surface area contributed by atoms with Crippen LogP contribution in [0.3, 0.4) is 0 Å². The van der Waals surface area contributed by atoms with Crippen LogP contribution in [0.15, 0.2) is 42.5 Å². The van der Waals surface area contributed by atoms with Crippen LogP contribution >= 0.6 is 23.2 Å². The molecule has 1 aliphatic heterocycles. The fraction of sp³-hybridized carbons (Fsp3) is 0.222. The van der Waals surface area contributed by atoms with Crippen molar-refractivity contribution in [2.45, 2.75) is 19.0 Å². The summed E-state index contributed by atoms with van der Waals surface area (Å²) in [4.78, 5) is 26.0. The van der Waals surface area contributed by atoms with Gasteiger partial charge in [-0.3, -0.25) is 14.5 Å². The number of amides is 2. The van der Waals surface area contributed by atoms with Crippen molar-refractivity contribution in [1.82, 2.24) is 4.90 Å². The summed E-state index contributed by atoms with van der Waals surface area (Å²) >= 11 is 11.9. The van der Waals surface area contributed by atoms with Gasteiger partial charge in [0.15, 0.2) is 0 Å². The number of carbonyl (C=O) groups excluding carboxylic acids is 2. The molecule has 1 fully saturated rings. The maximum absolute atomic E-state index is 12.6. The van der Waals surface area contributed by atoms with E-state index in [0.29, 0.717) is 21.5 Å². The number of rotatable bonds is 5. The van der Waals surface area contributed by atoms with E-state index < -0.39 is 6.04 Å². The first-order valence-corrected chi connectivity index (χ1v) is 8.42. The zero-order valence-corrected chi connectivity index (χ0v) is 15.0. The third kappa shape index (κ3) is 3.89. The van der Waals surface area contributed by atoms with Crippen molar-refractivity contribution in [2.24, 2.45) is 0 Å². The molecule has 7 heteroatoms. The Labute approximate surface area is 155 Å². The Kier molecular flexibility index (Phi) is 5.16. The van der Waals surface area contributed by atoms with Gasteiger partial charge in [0, 0.05) is 10.7 Å². The minimum absolute atomic E-state index is 0.107. The number of halogens is 2. The van der Waals surface area contributed by atoms with Crippen LogP contribution in [0.4, 0.5) is 5.69 Å². The molecule has 0 spiro atoms. The van der Waals surface area contributed by atoms with E-state index in [0.717, 1.165) is 5.56 Å². The van der Waals surface area contributed by atoms with E-state index >= 15 is 0 Å². The summed E-state index contributed by atoms with van der Waals surface area (Å²) in [6.07, 6.45) is 0.107. The predicted octanol–water partition coefficient (Wildman–Crippen LogP) is 3.74. The fourth-order valence-corrected chi connectivity index (χ4v) is 3.08.